The highest BCUT2D eigenvalue weighted by Gasteiger charge is 2.45. The Balaban J connectivity index is 1.35. The van der Waals surface area contributed by atoms with Crippen LogP contribution in [-0.4, -0.2) is 21.8 Å². The van der Waals surface area contributed by atoms with E-state index in [1.54, 1.807) is 29.6 Å². The van der Waals surface area contributed by atoms with Gasteiger partial charge in [-0.2, -0.15) is 0 Å². The van der Waals surface area contributed by atoms with Gasteiger partial charge in [-0.1, -0.05) is 68.4 Å². The number of Topliss-reactive ketones (excluding diaryl/α,β-unsaturated/α-hetero) is 1. The van der Waals surface area contributed by atoms with Gasteiger partial charge in [0.2, 0.25) is 0 Å². The number of nitrogens with one attached hydrogen (secondary N) is 2. The number of allylic oxidation sites excluding steroid dienone is 1. The number of halogens is 1. The summed E-state index contributed by atoms with van der Waals surface area (Å²) in [7, 11) is 0. The van der Waals surface area contributed by atoms with E-state index in [-0.39, 0.29) is 47.1 Å². The molecular weight excluding hydrogens is 628 g/mol. The molecule has 1 unspecified atom stereocenters. The Morgan fingerprint density at radius 3 is 2.54 bits per heavy atom. The summed E-state index contributed by atoms with van der Waals surface area (Å²) in [6.45, 7) is 4.22. The number of para-hydroxylation sites is 2. The van der Waals surface area contributed by atoms with E-state index in [0.29, 0.717) is 28.7 Å². The number of ether oxygens (including phenoxy) is 1. The van der Waals surface area contributed by atoms with Crippen molar-refractivity contribution in [2.45, 2.75) is 39.3 Å². The van der Waals surface area contributed by atoms with Crippen LogP contribution in [0.5, 0.6) is 11.5 Å². The minimum Gasteiger partial charge on any atom is -0.506 e. The quantitative estimate of drug-likeness (QED) is 0.150. The summed E-state index contributed by atoms with van der Waals surface area (Å²) in [5.74, 6) is -1.20. The maximum atomic E-state index is 16.4. The molecule has 0 spiro atoms. The summed E-state index contributed by atoms with van der Waals surface area (Å²) < 4.78 is 22.3. The van der Waals surface area contributed by atoms with Crippen LogP contribution in [0.3, 0.4) is 0 Å². The zero-order valence-corrected chi connectivity index (χ0v) is 27.2. The zero-order chi connectivity index (χ0) is 33.4. The van der Waals surface area contributed by atoms with E-state index in [9.17, 15) is 14.7 Å². The fourth-order valence-electron chi connectivity index (χ4n) is 6.32. The molecule has 1 aliphatic carbocycles. The van der Waals surface area contributed by atoms with Gasteiger partial charge < -0.3 is 20.5 Å². The van der Waals surface area contributed by atoms with Crippen LogP contribution >= 0.6 is 11.3 Å². The van der Waals surface area contributed by atoms with Crippen LogP contribution in [0.15, 0.2) is 114 Å². The normalized spacial score (nSPS) is 16.8. The van der Waals surface area contributed by atoms with Gasteiger partial charge in [0, 0.05) is 40.4 Å². The highest BCUT2D eigenvalue weighted by Crippen LogP contribution is 2.51. The Kier molecular flexibility index (Phi) is 8.18. The lowest BCUT2D eigenvalue weighted by Crippen LogP contribution is -2.40. The third-order valence-corrected chi connectivity index (χ3v) is 9.25. The summed E-state index contributed by atoms with van der Waals surface area (Å²) in [6.07, 6.45) is 0.651. The topological polar surface area (TPSA) is 104 Å². The van der Waals surface area contributed by atoms with Gasteiger partial charge in [-0.3, -0.25) is 14.5 Å². The number of fused-ring (bicyclic) bond motifs is 1. The van der Waals surface area contributed by atoms with Crippen molar-refractivity contribution in [2.24, 2.45) is 5.41 Å². The standard InChI is InChI=1S/C38H33FN4O4S/c1-38(2)19-28-33(32(45)20-38)35(26-17-16-25(18-27(26)39)47-21-23-10-5-3-6-11-23)43(30-14-9-15-31(44)34(30)41-28)36(46)29-22-48-37(42-29)40-24-12-7-4-8-13-24/h3-18,22,35,41,44H,19-21H2,1-2H3,(H,40,42). The van der Waals surface area contributed by atoms with Crippen LogP contribution in [0.1, 0.15) is 54.3 Å². The Labute approximate surface area is 281 Å². The molecule has 0 radical (unpaired) electrons. The molecule has 0 bridgehead atoms. The van der Waals surface area contributed by atoms with Crippen molar-refractivity contribution in [1.29, 1.82) is 0 Å². The lowest BCUT2D eigenvalue weighted by Gasteiger charge is -2.37. The summed E-state index contributed by atoms with van der Waals surface area (Å²) >= 11 is 1.25. The van der Waals surface area contributed by atoms with Gasteiger partial charge in [-0.05, 0) is 53.8 Å². The second-order valence-corrected chi connectivity index (χ2v) is 13.6. The van der Waals surface area contributed by atoms with Gasteiger partial charge in [0.1, 0.15) is 35.3 Å². The monoisotopic (exact) mass is 660 g/mol. The molecule has 10 heteroatoms. The molecule has 1 atom stereocenters. The lowest BCUT2D eigenvalue weighted by atomic mass is 9.73. The molecule has 48 heavy (non-hydrogen) atoms. The first-order valence-electron chi connectivity index (χ1n) is 15.6. The van der Waals surface area contributed by atoms with Crippen molar-refractivity contribution in [3.8, 4) is 11.5 Å². The number of carbonyl (C=O) groups excluding carboxylic acids is 2. The number of benzene rings is 4. The van der Waals surface area contributed by atoms with Crippen LogP contribution in [0.4, 0.5) is 26.6 Å². The first kappa shape index (κ1) is 31.1. The molecule has 7 rings (SSSR count). The molecule has 4 aromatic carbocycles. The predicted octanol–water partition coefficient (Wildman–Crippen LogP) is 8.77. The van der Waals surface area contributed by atoms with Crippen molar-refractivity contribution in [2.75, 3.05) is 15.5 Å². The number of phenolic OH excluding ortho intramolecular Hbond substituents is 1. The summed E-state index contributed by atoms with van der Waals surface area (Å²) in [5.41, 5.74) is 2.91. The molecule has 2 aliphatic rings. The van der Waals surface area contributed by atoms with E-state index < -0.39 is 23.2 Å². The van der Waals surface area contributed by atoms with Crippen LogP contribution in [0.25, 0.3) is 0 Å². The van der Waals surface area contributed by atoms with Crippen LogP contribution in [0, 0.1) is 11.2 Å². The molecule has 2 heterocycles. The number of anilines is 4. The maximum Gasteiger partial charge on any atom is 0.278 e. The van der Waals surface area contributed by atoms with E-state index in [2.05, 4.69) is 15.6 Å². The molecule has 5 aromatic rings. The molecular formula is C38H33FN4O4S. The van der Waals surface area contributed by atoms with Crippen molar-refractivity contribution in [3.63, 3.8) is 0 Å². The smallest absolute Gasteiger partial charge is 0.278 e. The number of carbonyl (C=O) groups is 2. The number of phenols is 1. The van der Waals surface area contributed by atoms with E-state index in [1.807, 2.05) is 74.5 Å². The molecule has 1 aliphatic heterocycles. The summed E-state index contributed by atoms with van der Waals surface area (Å²) in [5, 5.41) is 19.7. The number of ketones is 1. The molecule has 3 N–H and O–H groups in total. The van der Waals surface area contributed by atoms with Crippen LogP contribution in [0.2, 0.25) is 0 Å². The van der Waals surface area contributed by atoms with Gasteiger partial charge in [0.05, 0.1) is 11.7 Å². The number of aromatic hydroxyl groups is 1. The highest BCUT2D eigenvalue weighted by atomic mass is 32.1. The van der Waals surface area contributed by atoms with Crippen molar-refractivity contribution in [3.05, 3.63) is 136 Å². The average molecular weight is 661 g/mol. The summed E-state index contributed by atoms with van der Waals surface area (Å²) in [6, 6.07) is 27.1. The minimum absolute atomic E-state index is 0.105. The molecule has 242 valence electrons. The number of nitrogens with zero attached hydrogens (tertiary/aromatic N) is 2. The molecule has 0 saturated carbocycles. The Morgan fingerprint density at radius 2 is 1.79 bits per heavy atom. The van der Waals surface area contributed by atoms with Gasteiger partial charge in [-0.15, -0.1) is 11.3 Å². The van der Waals surface area contributed by atoms with Crippen LogP contribution < -0.4 is 20.3 Å². The van der Waals surface area contributed by atoms with Crippen molar-refractivity contribution in [1.82, 2.24) is 4.98 Å². The number of amides is 1. The van der Waals surface area contributed by atoms with E-state index in [4.69, 9.17) is 4.74 Å². The number of rotatable bonds is 7. The second kappa shape index (κ2) is 12.6. The fourth-order valence-corrected chi connectivity index (χ4v) is 7.02. The number of hydrogen-bond acceptors (Lipinski definition) is 8. The first-order valence-corrected chi connectivity index (χ1v) is 16.5. The highest BCUT2D eigenvalue weighted by molar-refractivity contribution is 7.14. The molecule has 1 aromatic heterocycles. The molecule has 0 saturated heterocycles. The maximum absolute atomic E-state index is 16.4. The van der Waals surface area contributed by atoms with E-state index >= 15 is 4.39 Å². The molecule has 8 nitrogen and oxygen atoms in total. The third kappa shape index (κ3) is 6.14. The van der Waals surface area contributed by atoms with Crippen molar-refractivity contribution >= 4 is 45.2 Å². The lowest BCUT2D eigenvalue weighted by molar-refractivity contribution is -0.118. The number of aromatic nitrogens is 1. The first-order chi connectivity index (χ1) is 23.2. The fraction of sp³-hybridized carbons (Fsp3) is 0.184. The van der Waals surface area contributed by atoms with E-state index in [0.717, 1.165) is 11.3 Å². The predicted molar refractivity (Wildman–Crippen MR) is 185 cm³/mol. The van der Waals surface area contributed by atoms with Crippen LogP contribution in [-0.2, 0) is 11.4 Å². The van der Waals surface area contributed by atoms with Crippen molar-refractivity contribution < 1.29 is 23.8 Å². The largest absolute Gasteiger partial charge is 0.506 e. The molecule has 1 amide bonds. The minimum atomic E-state index is -1.16. The SMILES string of the molecule is CC1(C)CC(=O)C2=C(C1)Nc1c(O)cccc1N(C(=O)c1csc(Nc3ccccc3)n1)C2c1ccc(OCc2ccccc2)cc1F. The number of thiazole rings is 1. The Bertz CT molecular complexity index is 2040. The van der Waals surface area contributed by atoms with Gasteiger partial charge in [0.15, 0.2) is 10.9 Å². The zero-order valence-electron chi connectivity index (χ0n) is 26.4. The van der Waals surface area contributed by atoms with Gasteiger partial charge in [-0.25, -0.2) is 9.37 Å². The number of hydrogen-bond donors (Lipinski definition) is 3. The third-order valence-electron chi connectivity index (χ3n) is 8.49. The Morgan fingerprint density at radius 1 is 1.04 bits per heavy atom. The second-order valence-electron chi connectivity index (χ2n) is 12.7. The van der Waals surface area contributed by atoms with E-state index in [1.165, 1.54) is 28.4 Å². The Hall–Kier alpha value is -5.48. The van der Waals surface area contributed by atoms with Gasteiger partial charge >= 0.3 is 0 Å². The summed E-state index contributed by atoms with van der Waals surface area (Å²) in [4.78, 5) is 34.7. The molecule has 0 fully saturated rings. The van der Waals surface area contributed by atoms with Gasteiger partial charge in [0.25, 0.3) is 5.91 Å². The average Bonchev–Trinajstić information content (AvgIpc) is 3.47.